The molecule has 0 saturated carbocycles. The van der Waals surface area contributed by atoms with Crippen LogP contribution in [-0.4, -0.2) is 24.6 Å². The zero-order valence-electron chi connectivity index (χ0n) is 22.6. The van der Waals surface area contributed by atoms with E-state index in [-0.39, 0.29) is 24.5 Å². The van der Waals surface area contributed by atoms with Crippen LogP contribution in [0, 0.1) is 0 Å². The number of carbonyl (C=O) groups is 2. The van der Waals surface area contributed by atoms with E-state index in [1.54, 1.807) is 37.3 Å². The summed E-state index contributed by atoms with van der Waals surface area (Å²) in [6, 6.07) is 13.7. The van der Waals surface area contributed by atoms with Crippen LogP contribution in [0.2, 0.25) is 0 Å². The molecule has 0 saturated heterocycles. The number of nitrogens with one attached hydrogen (secondary N) is 1. The molecular weight excluding hydrogens is 555 g/mol. The summed E-state index contributed by atoms with van der Waals surface area (Å²) in [6.45, 7) is 8.65. The van der Waals surface area contributed by atoms with Crippen molar-refractivity contribution in [3.63, 3.8) is 0 Å². The fourth-order valence-electron chi connectivity index (χ4n) is 3.42. The number of ether oxygens (including phenoxy) is 2. The molecule has 2 atom stereocenters. The van der Waals surface area contributed by atoms with Gasteiger partial charge in [-0.1, -0.05) is 62.1 Å². The Morgan fingerprint density at radius 1 is 1.15 bits per heavy atom. The highest BCUT2D eigenvalue weighted by Gasteiger charge is 2.46. The lowest BCUT2D eigenvalue weighted by Gasteiger charge is -2.29. The molecule has 0 spiro atoms. The molecule has 212 valence electrons. The Bertz CT molecular complexity index is 1370. The number of carbonyl (C=O) groups excluding carboxylic acids is 2. The third-order valence-corrected chi connectivity index (χ3v) is 8.42. The van der Waals surface area contributed by atoms with Crippen molar-refractivity contribution in [2.45, 2.75) is 45.5 Å². The molecule has 3 aromatic rings. The average molecular weight is 588 g/mol. The van der Waals surface area contributed by atoms with Crippen molar-refractivity contribution in [2.24, 2.45) is 0 Å². The second-order valence-electron chi connectivity index (χ2n) is 8.62. The zero-order chi connectivity index (χ0) is 29.1. The predicted octanol–water partition coefficient (Wildman–Crippen LogP) is 8.21. The number of hydrogen-bond acceptors (Lipinski definition) is 7. The molecule has 2 aromatic carbocycles. The molecule has 1 heterocycles. The monoisotopic (exact) mass is 587 g/mol. The van der Waals surface area contributed by atoms with Gasteiger partial charge in [0.25, 0.3) is 0 Å². The first-order valence-electron chi connectivity index (χ1n) is 12.7. The first-order valence-corrected chi connectivity index (χ1v) is 14.7. The van der Waals surface area contributed by atoms with Crippen LogP contribution >= 0.6 is 19.6 Å². The number of esters is 2. The predicted molar refractivity (Wildman–Crippen MR) is 156 cm³/mol. The molecule has 0 aliphatic heterocycles. The van der Waals surface area contributed by atoms with E-state index in [2.05, 4.69) is 11.7 Å². The van der Waals surface area contributed by atoms with Crippen molar-refractivity contribution < 1.29 is 32.4 Å². The molecule has 2 unspecified atom stereocenters. The van der Waals surface area contributed by atoms with Gasteiger partial charge in [-0.05, 0) is 61.6 Å². The molecule has 1 N–H and O–H groups in total. The van der Waals surface area contributed by atoms with Gasteiger partial charge < -0.3 is 14.0 Å². The first-order chi connectivity index (χ1) is 19.2. The van der Waals surface area contributed by atoms with Gasteiger partial charge >= 0.3 is 17.6 Å². The molecule has 6 nitrogen and oxygen atoms in total. The van der Waals surface area contributed by atoms with Gasteiger partial charge in [-0.3, -0.25) is 4.79 Å². The molecule has 3 rings (SSSR count). The van der Waals surface area contributed by atoms with Crippen LogP contribution in [0.3, 0.4) is 0 Å². The molecule has 0 fully saturated rings. The summed E-state index contributed by atoms with van der Waals surface area (Å²) in [4.78, 5) is 25.2. The largest absolute Gasteiger partial charge is 0.460 e. The Morgan fingerprint density at radius 2 is 1.90 bits per heavy atom. The highest BCUT2D eigenvalue weighted by atomic mass is 32.1. The molecule has 0 aliphatic carbocycles. The lowest BCUT2D eigenvalue weighted by Crippen LogP contribution is -2.35. The Labute approximate surface area is 238 Å². The molecule has 0 radical (unpaired) electrons. The summed E-state index contributed by atoms with van der Waals surface area (Å²) >= 11 is 1.15. The van der Waals surface area contributed by atoms with Crippen LogP contribution in [0.25, 0.3) is 10.1 Å². The number of allylic oxidation sites excluding steroid dienone is 3. The van der Waals surface area contributed by atoms with Gasteiger partial charge in [0.15, 0.2) is 0 Å². The molecule has 10 heteroatoms. The lowest BCUT2D eigenvalue weighted by atomic mass is 10.1. The Hall–Kier alpha value is -3.39. The molecule has 0 amide bonds. The molecule has 1 aromatic heterocycles. The number of alkyl halides is 2. The van der Waals surface area contributed by atoms with Crippen LogP contribution in [0.4, 0.5) is 8.78 Å². The number of benzene rings is 2. The maximum atomic E-state index is 16.1. The minimum atomic E-state index is -3.52. The Balaban J connectivity index is 1.86. The zero-order valence-corrected chi connectivity index (χ0v) is 24.3. The van der Waals surface area contributed by atoms with Gasteiger partial charge in [-0.2, -0.15) is 8.78 Å². The topological polar surface area (TPSA) is 73.9 Å². The fourth-order valence-corrected chi connectivity index (χ4v) is 5.89. The van der Waals surface area contributed by atoms with Crippen molar-refractivity contribution in [1.82, 2.24) is 5.09 Å². The van der Waals surface area contributed by atoms with E-state index in [1.165, 1.54) is 37.3 Å². The van der Waals surface area contributed by atoms with Crippen molar-refractivity contribution in [3.05, 3.63) is 107 Å². The number of fused-ring (bicyclic) bond motifs is 1. The quantitative estimate of drug-likeness (QED) is 0.0674. The second kappa shape index (κ2) is 14.8. The first kappa shape index (κ1) is 31.1. The third-order valence-electron chi connectivity index (χ3n) is 5.54. The van der Waals surface area contributed by atoms with Gasteiger partial charge in [0.05, 0.1) is 0 Å². The van der Waals surface area contributed by atoms with Crippen LogP contribution < -0.4 is 5.09 Å². The van der Waals surface area contributed by atoms with Gasteiger partial charge in [0, 0.05) is 10.3 Å². The number of thiophene rings is 1. The third kappa shape index (κ3) is 8.31. The normalized spacial score (nSPS) is 13.7. The van der Waals surface area contributed by atoms with Crippen LogP contribution in [0.5, 0.6) is 0 Å². The lowest BCUT2D eigenvalue weighted by molar-refractivity contribution is -0.146. The van der Waals surface area contributed by atoms with E-state index in [9.17, 15) is 9.59 Å². The van der Waals surface area contributed by atoms with E-state index < -0.39 is 31.9 Å². The summed E-state index contributed by atoms with van der Waals surface area (Å²) in [7, 11) is -2.75. The van der Waals surface area contributed by atoms with E-state index in [4.69, 9.17) is 14.0 Å². The van der Waals surface area contributed by atoms with Crippen molar-refractivity contribution in [3.8, 4) is 0 Å². The van der Waals surface area contributed by atoms with E-state index >= 15 is 8.78 Å². The second-order valence-corrected chi connectivity index (χ2v) is 11.3. The van der Waals surface area contributed by atoms with Gasteiger partial charge in [-0.25, -0.2) is 9.88 Å². The van der Waals surface area contributed by atoms with E-state index in [0.717, 1.165) is 16.9 Å². The molecule has 0 bridgehead atoms. The Kier molecular flexibility index (Phi) is 11.6. The minimum Gasteiger partial charge on any atom is -0.460 e. The van der Waals surface area contributed by atoms with E-state index in [1.807, 2.05) is 25.1 Å². The maximum absolute atomic E-state index is 16.1. The van der Waals surface area contributed by atoms with Gasteiger partial charge in [-0.15, -0.1) is 11.3 Å². The smallest absolute Gasteiger partial charge is 0.348 e. The molecular formula is C30H32F2NO5PS. The van der Waals surface area contributed by atoms with Crippen LogP contribution in [0.1, 0.15) is 48.0 Å². The van der Waals surface area contributed by atoms with Crippen LogP contribution in [-0.2, 0) is 31.1 Å². The summed E-state index contributed by atoms with van der Waals surface area (Å²) in [5, 5.41) is 3.16. The summed E-state index contributed by atoms with van der Waals surface area (Å²) in [5.74, 6) is -0.989. The average Bonchev–Trinajstić information content (AvgIpc) is 3.40. The van der Waals surface area contributed by atoms with Gasteiger partial charge in [0.2, 0.25) is 8.30 Å². The summed E-state index contributed by atoms with van der Waals surface area (Å²) in [6.07, 6.45) is 7.14. The molecule has 0 aliphatic rings. The van der Waals surface area contributed by atoms with E-state index in [0.29, 0.717) is 21.4 Å². The van der Waals surface area contributed by atoms with Crippen LogP contribution in [0.15, 0.2) is 91.2 Å². The minimum absolute atomic E-state index is 0.0204. The Morgan fingerprint density at radius 3 is 2.58 bits per heavy atom. The van der Waals surface area contributed by atoms with Crippen molar-refractivity contribution in [1.29, 1.82) is 0 Å². The maximum Gasteiger partial charge on any atom is 0.348 e. The van der Waals surface area contributed by atoms with Crippen molar-refractivity contribution in [2.75, 3.05) is 6.61 Å². The standard InChI is InChI=1S/C30H32F2NO5PS/c1-5-8-14-25(7-3)38-39(33-21(4)28(34)37-20-22-12-10-9-11-13-22)30(31,32)24-15-16-26-23(18-24)19-27(40-26)29(35)36-17-6-2/h6-16,18-19,21,33H,2,5,17,20H2,1,3-4H3/b14-8-,25-7+. The number of halogens is 2. The summed E-state index contributed by atoms with van der Waals surface area (Å²) in [5.41, 5.74) is -3.05. The fraction of sp³-hybridized carbons (Fsp3) is 0.267. The number of hydrogen-bond donors (Lipinski definition) is 1. The highest BCUT2D eigenvalue weighted by Crippen LogP contribution is 2.58. The van der Waals surface area contributed by atoms with Crippen molar-refractivity contribution >= 4 is 41.7 Å². The molecule has 40 heavy (non-hydrogen) atoms. The number of rotatable bonds is 14. The highest BCUT2D eigenvalue weighted by molar-refractivity contribution is 7.51. The SMILES string of the molecule is C=CCOC(=O)c1cc2cc(C(F)(F)P(NC(C)C(=O)OCc3ccccc3)OC(/C=C\CC)=C/C)ccc2s1. The summed E-state index contributed by atoms with van der Waals surface area (Å²) < 4.78 is 49.1. The van der Waals surface area contributed by atoms with Gasteiger partial charge in [0.1, 0.15) is 29.9 Å².